The van der Waals surface area contributed by atoms with E-state index >= 15 is 13.2 Å². The van der Waals surface area contributed by atoms with Crippen molar-refractivity contribution in [3.63, 3.8) is 0 Å². The van der Waals surface area contributed by atoms with Crippen LogP contribution in [0.2, 0.25) is 0 Å². The molecule has 11 heteroatoms. The number of piperidine rings is 1. The molecule has 2 fully saturated rings. The second-order valence-electron chi connectivity index (χ2n) is 13.0. The summed E-state index contributed by atoms with van der Waals surface area (Å²) in [6, 6.07) is 7.37. The summed E-state index contributed by atoms with van der Waals surface area (Å²) in [4.78, 5) is 33.6. The summed E-state index contributed by atoms with van der Waals surface area (Å²) in [5, 5.41) is 13.4. The lowest BCUT2D eigenvalue weighted by Crippen LogP contribution is -2.43. The lowest BCUT2D eigenvalue weighted by molar-refractivity contribution is -0.0907. The highest BCUT2D eigenvalue weighted by Gasteiger charge is 2.48. The average molecular weight is 609 g/mol. The molecule has 2 atom stereocenters. The van der Waals surface area contributed by atoms with Gasteiger partial charge in [-0.2, -0.15) is 10.2 Å². The molecule has 0 radical (unpaired) electrons. The molecule has 6 bridgehead atoms. The normalized spacial score (nSPS) is 26.6. The van der Waals surface area contributed by atoms with Crippen LogP contribution in [0.5, 0.6) is 0 Å². The molecule has 1 aliphatic carbocycles. The molecule has 234 valence electrons. The zero-order chi connectivity index (χ0) is 31.4. The molecule has 1 unspecified atom stereocenters. The first-order chi connectivity index (χ1) is 21.0. The highest BCUT2D eigenvalue weighted by Crippen LogP contribution is 2.47. The van der Waals surface area contributed by atoms with Gasteiger partial charge in [0.1, 0.15) is 17.3 Å². The molecule has 0 spiro atoms. The third kappa shape index (κ3) is 5.11. The fraction of sp³-hybridized carbons (Fsp3) is 0.576. The lowest BCUT2D eigenvalue weighted by atomic mass is 9.84. The van der Waals surface area contributed by atoms with Crippen molar-refractivity contribution in [3.05, 3.63) is 67.6 Å². The SMILES string of the molecule is CC1CCCCCn2c(=O)nc(c3cc(C4(C#N)CC4)c(=O)n(C)c32)N[C@H](C)c2cccc(c2F)C(F)(F)C2CCN1CC2. The van der Waals surface area contributed by atoms with E-state index in [1.165, 1.54) is 27.3 Å². The van der Waals surface area contributed by atoms with Crippen LogP contribution < -0.4 is 16.6 Å². The van der Waals surface area contributed by atoms with Crippen LogP contribution in [0.15, 0.2) is 33.9 Å². The Morgan fingerprint density at radius 3 is 2.43 bits per heavy atom. The van der Waals surface area contributed by atoms with E-state index in [4.69, 9.17) is 0 Å². The number of anilines is 1. The van der Waals surface area contributed by atoms with Crippen LogP contribution >= 0.6 is 0 Å². The maximum atomic E-state index is 16.0. The number of pyridine rings is 1. The highest BCUT2D eigenvalue weighted by atomic mass is 19.3. The molecule has 1 aromatic carbocycles. The van der Waals surface area contributed by atoms with Gasteiger partial charge in [0.15, 0.2) is 0 Å². The van der Waals surface area contributed by atoms with Gasteiger partial charge in [0, 0.05) is 36.7 Å². The predicted octanol–water partition coefficient (Wildman–Crippen LogP) is 5.73. The molecule has 1 N–H and O–H groups in total. The summed E-state index contributed by atoms with van der Waals surface area (Å²) in [5.41, 5.74) is -1.70. The molecule has 8 nitrogen and oxygen atoms in total. The Morgan fingerprint density at radius 1 is 1.02 bits per heavy atom. The fourth-order valence-corrected chi connectivity index (χ4v) is 7.17. The number of nitriles is 1. The number of aryl methyl sites for hydroxylation is 2. The fourth-order valence-electron chi connectivity index (χ4n) is 7.17. The number of rotatable bonds is 1. The summed E-state index contributed by atoms with van der Waals surface area (Å²) in [5.74, 6) is -5.16. The molecule has 7 heterocycles. The number of halogens is 3. The Morgan fingerprint density at radius 2 is 1.75 bits per heavy atom. The Bertz CT molecular complexity index is 1750. The zero-order valence-corrected chi connectivity index (χ0v) is 25.5. The van der Waals surface area contributed by atoms with E-state index < -0.39 is 40.4 Å². The van der Waals surface area contributed by atoms with Crippen LogP contribution in [0, 0.1) is 23.1 Å². The van der Waals surface area contributed by atoms with E-state index in [0.29, 0.717) is 68.3 Å². The van der Waals surface area contributed by atoms with Gasteiger partial charge in [-0.15, -0.1) is 0 Å². The summed E-state index contributed by atoms with van der Waals surface area (Å²) in [6.07, 6.45) is 5.04. The van der Waals surface area contributed by atoms with Gasteiger partial charge in [0.2, 0.25) is 0 Å². The van der Waals surface area contributed by atoms with Gasteiger partial charge < -0.3 is 10.2 Å². The molecule has 6 aliphatic rings. The third-order valence-electron chi connectivity index (χ3n) is 10.2. The molecule has 44 heavy (non-hydrogen) atoms. The Kier molecular flexibility index (Phi) is 7.85. The van der Waals surface area contributed by atoms with E-state index in [1.807, 2.05) is 0 Å². The minimum atomic E-state index is -3.34. The van der Waals surface area contributed by atoms with Crippen molar-refractivity contribution in [3.8, 4) is 6.07 Å². The minimum Gasteiger partial charge on any atom is -0.363 e. The summed E-state index contributed by atoms with van der Waals surface area (Å²) >= 11 is 0. The number of hydrogen-bond acceptors (Lipinski definition) is 6. The Hall–Kier alpha value is -3.65. The van der Waals surface area contributed by atoms with Crippen LogP contribution in [0.4, 0.5) is 19.0 Å². The van der Waals surface area contributed by atoms with E-state index in [1.54, 1.807) is 20.0 Å². The molecule has 1 saturated heterocycles. The lowest BCUT2D eigenvalue weighted by Gasteiger charge is -2.39. The van der Waals surface area contributed by atoms with Gasteiger partial charge in [-0.05, 0) is 71.5 Å². The first-order valence-electron chi connectivity index (χ1n) is 15.7. The van der Waals surface area contributed by atoms with Gasteiger partial charge >= 0.3 is 5.69 Å². The monoisotopic (exact) mass is 608 g/mol. The largest absolute Gasteiger partial charge is 0.363 e. The van der Waals surface area contributed by atoms with Gasteiger partial charge in [-0.3, -0.25) is 13.9 Å². The summed E-state index contributed by atoms with van der Waals surface area (Å²) < 4.78 is 50.7. The van der Waals surface area contributed by atoms with Crippen LogP contribution in [0.3, 0.4) is 0 Å². The Labute approximate surface area is 254 Å². The minimum absolute atomic E-state index is 0.0301. The quantitative estimate of drug-likeness (QED) is 0.379. The standard InChI is InChI=1S/C33H39F3N6O2/c1-20-8-5-4-6-15-42-29-24(18-26(30(43)40(29)3)32(19-37)13-14-32)28(39-31(42)44)38-21(2)23-9-7-10-25(27(23)34)33(35,36)22-11-16-41(20)17-12-22/h7,9-10,18,20-22H,4-6,8,11-17H2,1-3H3,(H,38,39,44)/t20?,21-/m1/s1. The van der Waals surface area contributed by atoms with Crippen molar-refractivity contribution in [2.24, 2.45) is 13.0 Å². The van der Waals surface area contributed by atoms with Gasteiger partial charge in [0.25, 0.3) is 11.5 Å². The second-order valence-corrected chi connectivity index (χ2v) is 13.0. The number of hydrogen-bond donors (Lipinski definition) is 1. The van der Waals surface area contributed by atoms with Crippen LogP contribution in [-0.2, 0) is 24.9 Å². The van der Waals surface area contributed by atoms with E-state index in [9.17, 15) is 14.9 Å². The molecule has 1 saturated carbocycles. The van der Waals surface area contributed by atoms with Crippen LogP contribution in [0.1, 0.15) is 87.9 Å². The van der Waals surface area contributed by atoms with E-state index in [-0.39, 0.29) is 23.0 Å². The summed E-state index contributed by atoms with van der Waals surface area (Å²) in [6.45, 7) is 5.20. The molecule has 0 amide bonds. The number of nitrogens with zero attached hydrogens (tertiary/aromatic N) is 5. The number of aromatic nitrogens is 3. The number of nitrogens with one attached hydrogen (secondary N) is 1. The summed E-state index contributed by atoms with van der Waals surface area (Å²) in [7, 11) is 1.58. The van der Waals surface area contributed by atoms with E-state index in [0.717, 1.165) is 19.3 Å². The van der Waals surface area contributed by atoms with Crippen LogP contribution in [0.25, 0.3) is 11.0 Å². The molecule has 2 aromatic heterocycles. The maximum absolute atomic E-state index is 16.0. The molecular formula is C33H39F3N6O2. The van der Waals surface area contributed by atoms with Gasteiger partial charge in [-0.25, -0.2) is 18.0 Å². The van der Waals surface area contributed by atoms with Gasteiger partial charge in [0.05, 0.1) is 28.5 Å². The highest BCUT2D eigenvalue weighted by molar-refractivity contribution is 5.88. The predicted molar refractivity (Wildman–Crippen MR) is 162 cm³/mol. The van der Waals surface area contributed by atoms with Crippen LogP contribution in [-0.4, -0.2) is 38.1 Å². The third-order valence-corrected chi connectivity index (χ3v) is 10.2. The molecule has 9 rings (SSSR count). The molecule has 5 aliphatic heterocycles. The van der Waals surface area contributed by atoms with Crippen molar-refractivity contribution in [2.45, 2.75) is 95.2 Å². The van der Waals surface area contributed by atoms with Gasteiger partial charge in [-0.1, -0.05) is 31.0 Å². The van der Waals surface area contributed by atoms with Crippen molar-refractivity contribution in [1.29, 1.82) is 5.26 Å². The molecular weight excluding hydrogens is 569 g/mol. The first-order valence-corrected chi connectivity index (χ1v) is 15.7. The van der Waals surface area contributed by atoms with Crippen molar-refractivity contribution >= 4 is 16.9 Å². The maximum Gasteiger partial charge on any atom is 0.351 e. The van der Waals surface area contributed by atoms with Crippen molar-refractivity contribution < 1.29 is 13.2 Å². The number of benzene rings is 1. The van der Waals surface area contributed by atoms with Crippen molar-refractivity contribution in [2.75, 3.05) is 18.4 Å². The average Bonchev–Trinajstić information content (AvgIpc) is 3.80. The number of alkyl halides is 2. The topological polar surface area (TPSA) is 96.0 Å². The van der Waals surface area contributed by atoms with Crippen molar-refractivity contribution in [1.82, 2.24) is 19.0 Å². The Balaban J connectivity index is 1.49. The smallest absolute Gasteiger partial charge is 0.351 e. The molecule has 3 aromatic rings. The van der Waals surface area contributed by atoms with E-state index in [2.05, 4.69) is 28.2 Å². The second kappa shape index (κ2) is 11.4. The zero-order valence-electron chi connectivity index (χ0n) is 25.5. The first kappa shape index (κ1) is 30.4.